The molecule has 0 saturated heterocycles. The molecule has 0 spiro atoms. The zero-order valence-corrected chi connectivity index (χ0v) is 22.7. The molecule has 0 radical (unpaired) electrons. The second-order valence-electron chi connectivity index (χ2n) is 9.99. The van der Waals surface area contributed by atoms with Crippen molar-refractivity contribution in [2.45, 2.75) is 44.6 Å². The standard InChI is InChI=1S/C30H27ClF2N4O4/c31-21-8-9-22(32)28(29(21)33)18-11-13-37(27(39)15-18)25-4-2-1-3-5-26(38)36-23-16-19(35-30(40)41)6-7-20(23)17-10-12-34-24(25)14-17/h6-10,12,14-16,25,35H,1-5,11,13H2,(H,36,38)(H,40,41)/t25-/m0/s1. The molecule has 0 saturated carbocycles. The number of benzene rings is 2. The molecule has 41 heavy (non-hydrogen) atoms. The van der Waals surface area contributed by atoms with Crippen LogP contribution in [0, 0.1) is 11.6 Å². The molecule has 1 aromatic heterocycles. The largest absolute Gasteiger partial charge is 0.465 e. The van der Waals surface area contributed by atoms with Crippen LogP contribution in [0.25, 0.3) is 16.7 Å². The van der Waals surface area contributed by atoms with Crippen LogP contribution in [0.5, 0.6) is 0 Å². The van der Waals surface area contributed by atoms with Gasteiger partial charge in [0.2, 0.25) is 11.8 Å². The van der Waals surface area contributed by atoms with Gasteiger partial charge in [-0.2, -0.15) is 0 Å². The van der Waals surface area contributed by atoms with Gasteiger partial charge < -0.3 is 15.3 Å². The third-order valence-electron chi connectivity index (χ3n) is 7.30. The van der Waals surface area contributed by atoms with Gasteiger partial charge in [-0.15, -0.1) is 0 Å². The van der Waals surface area contributed by atoms with E-state index in [-0.39, 0.29) is 47.4 Å². The molecule has 0 fully saturated rings. The van der Waals surface area contributed by atoms with Crippen molar-refractivity contribution >= 4 is 46.5 Å². The Kier molecular flexibility index (Phi) is 8.30. The minimum absolute atomic E-state index is 0.187. The fourth-order valence-corrected chi connectivity index (χ4v) is 5.52. The Balaban J connectivity index is 1.51. The lowest BCUT2D eigenvalue weighted by atomic mass is 9.94. The summed E-state index contributed by atoms with van der Waals surface area (Å²) in [5, 5.41) is 14.1. The first-order valence-corrected chi connectivity index (χ1v) is 13.6. The van der Waals surface area contributed by atoms with E-state index >= 15 is 0 Å². The van der Waals surface area contributed by atoms with E-state index in [1.165, 1.54) is 6.08 Å². The van der Waals surface area contributed by atoms with Crippen LogP contribution in [0.3, 0.4) is 0 Å². The number of amides is 3. The van der Waals surface area contributed by atoms with Crippen molar-refractivity contribution in [3.05, 3.63) is 82.7 Å². The molecular formula is C30H27ClF2N4O4. The molecule has 3 N–H and O–H groups in total. The smallest absolute Gasteiger partial charge is 0.409 e. The maximum atomic E-state index is 14.7. The highest BCUT2D eigenvalue weighted by Crippen LogP contribution is 2.37. The SMILES string of the molecule is O=C(O)Nc1ccc2c(c1)NC(=O)CCCCC[C@H](N1CCC(c3c(F)ccc(Cl)c3F)=CC1=O)c1cc-2ccn1. The van der Waals surface area contributed by atoms with Gasteiger partial charge in [0.1, 0.15) is 5.82 Å². The van der Waals surface area contributed by atoms with Gasteiger partial charge in [-0.1, -0.05) is 30.5 Å². The fourth-order valence-electron chi connectivity index (χ4n) is 5.36. The quantitative estimate of drug-likeness (QED) is 0.288. The monoisotopic (exact) mass is 580 g/mol. The lowest BCUT2D eigenvalue weighted by molar-refractivity contribution is -0.129. The Morgan fingerprint density at radius 2 is 1.90 bits per heavy atom. The summed E-state index contributed by atoms with van der Waals surface area (Å²) < 4.78 is 29.2. The molecule has 2 bridgehead atoms. The zero-order chi connectivity index (χ0) is 29.1. The molecule has 3 amide bonds. The van der Waals surface area contributed by atoms with Gasteiger partial charge in [-0.05, 0) is 66.8 Å². The molecule has 11 heteroatoms. The van der Waals surface area contributed by atoms with Crippen molar-refractivity contribution in [2.24, 2.45) is 0 Å². The van der Waals surface area contributed by atoms with Crippen LogP contribution in [-0.2, 0) is 9.59 Å². The average molecular weight is 581 g/mol. The first kappa shape index (κ1) is 28.2. The number of nitrogens with one attached hydrogen (secondary N) is 2. The molecule has 5 rings (SSSR count). The van der Waals surface area contributed by atoms with E-state index < -0.39 is 23.8 Å². The average Bonchev–Trinajstić information content (AvgIpc) is 2.94. The van der Waals surface area contributed by atoms with Crippen LogP contribution >= 0.6 is 11.6 Å². The molecule has 212 valence electrons. The number of carbonyl (C=O) groups is 3. The van der Waals surface area contributed by atoms with Gasteiger partial charge in [-0.25, -0.2) is 13.6 Å². The van der Waals surface area contributed by atoms with E-state index in [9.17, 15) is 23.2 Å². The topological polar surface area (TPSA) is 112 Å². The van der Waals surface area contributed by atoms with Crippen LogP contribution in [0.2, 0.25) is 5.02 Å². The number of anilines is 2. The second-order valence-corrected chi connectivity index (χ2v) is 10.4. The zero-order valence-electron chi connectivity index (χ0n) is 21.9. The summed E-state index contributed by atoms with van der Waals surface area (Å²) in [6, 6.07) is 10.3. The molecule has 1 atom stereocenters. The summed E-state index contributed by atoms with van der Waals surface area (Å²) in [6.45, 7) is 0.230. The minimum atomic E-state index is -1.22. The van der Waals surface area contributed by atoms with Crippen LogP contribution in [-0.4, -0.2) is 39.4 Å². The van der Waals surface area contributed by atoms with Gasteiger partial charge in [0, 0.05) is 36.5 Å². The van der Waals surface area contributed by atoms with Crippen LogP contribution in [0.4, 0.5) is 25.0 Å². The Labute approximate surface area is 240 Å². The number of carbonyl (C=O) groups excluding carboxylic acids is 2. The maximum Gasteiger partial charge on any atom is 0.409 e. The number of carboxylic acid groups (broad SMARTS) is 1. The summed E-state index contributed by atoms with van der Waals surface area (Å²) in [5.41, 5.74) is 2.74. The molecule has 0 aliphatic carbocycles. The maximum absolute atomic E-state index is 14.7. The predicted molar refractivity (Wildman–Crippen MR) is 151 cm³/mol. The van der Waals surface area contributed by atoms with E-state index in [1.54, 1.807) is 35.4 Å². The van der Waals surface area contributed by atoms with E-state index in [0.29, 0.717) is 35.5 Å². The highest BCUT2D eigenvalue weighted by molar-refractivity contribution is 6.31. The van der Waals surface area contributed by atoms with Crippen LogP contribution in [0.1, 0.15) is 55.8 Å². The second kappa shape index (κ2) is 12.1. The first-order valence-electron chi connectivity index (χ1n) is 13.3. The summed E-state index contributed by atoms with van der Waals surface area (Å²) in [5.74, 6) is -2.24. The Hall–Kier alpha value is -4.31. The molecule has 8 nitrogen and oxygen atoms in total. The van der Waals surface area contributed by atoms with Crippen LogP contribution < -0.4 is 10.6 Å². The third kappa shape index (κ3) is 6.22. The van der Waals surface area contributed by atoms with E-state index in [4.69, 9.17) is 16.7 Å². The van der Waals surface area contributed by atoms with Crippen molar-refractivity contribution in [1.29, 1.82) is 0 Å². The van der Waals surface area contributed by atoms with Gasteiger partial charge in [0.25, 0.3) is 0 Å². The summed E-state index contributed by atoms with van der Waals surface area (Å²) in [7, 11) is 0. The Morgan fingerprint density at radius 3 is 2.68 bits per heavy atom. The molecule has 3 heterocycles. The van der Waals surface area contributed by atoms with Gasteiger partial charge in [0.05, 0.1) is 28.0 Å². The minimum Gasteiger partial charge on any atom is -0.465 e. The summed E-state index contributed by atoms with van der Waals surface area (Å²) >= 11 is 5.88. The van der Waals surface area contributed by atoms with Crippen molar-refractivity contribution in [3.63, 3.8) is 0 Å². The van der Waals surface area contributed by atoms with E-state index in [1.807, 2.05) is 6.07 Å². The molecular weight excluding hydrogens is 554 g/mol. The Morgan fingerprint density at radius 1 is 1.07 bits per heavy atom. The van der Waals surface area contributed by atoms with E-state index in [2.05, 4.69) is 15.6 Å². The van der Waals surface area contributed by atoms with Crippen molar-refractivity contribution in [1.82, 2.24) is 9.88 Å². The van der Waals surface area contributed by atoms with Gasteiger partial charge in [-0.3, -0.25) is 19.9 Å². The van der Waals surface area contributed by atoms with Crippen molar-refractivity contribution < 1.29 is 28.3 Å². The summed E-state index contributed by atoms with van der Waals surface area (Å²) in [4.78, 5) is 43.5. The molecule has 2 aliphatic rings. The highest BCUT2D eigenvalue weighted by atomic mass is 35.5. The van der Waals surface area contributed by atoms with Gasteiger partial charge in [0.15, 0.2) is 5.82 Å². The number of rotatable bonds is 3. The molecule has 2 aromatic carbocycles. The van der Waals surface area contributed by atoms with E-state index in [0.717, 1.165) is 30.5 Å². The molecule has 2 aliphatic heterocycles. The van der Waals surface area contributed by atoms with Crippen molar-refractivity contribution in [2.75, 3.05) is 17.2 Å². The van der Waals surface area contributed by atoms with Crippen molar-refractivity contribution in [3.8, 4) is 11.1 Å². The van der Waals surface area contributed by atoms with Crippen LogP contribution in [0.15, 0.2) is 54.7 Å². The predicted octanol–water partition coefficient (Wildman–Crippen LogP) is 7.03. The highest BCUT2D eigenvalue weighted by Gasteiger charge is 2.30. The number of fused-ring (bicyclic) bond motifs is 4. The lowest BCUT2D eigenvalue weighted by Crippen LogP contribution is -2.38. The van der Waals surface area contributed by atoms with Gasteiger partial charge >= 0.3 is 6.09 Å². The normalized spacial score (nSPS) is 17.8. The number of halogens is 3. The number of pyridine rings is 1. The lowest BCUT2D eigenvalue weighted by Gasteiger charge is -2.34. The fraction of sp³-hybridized carbons (Fsp3) is 0.267. The number of hydrogen-bond donors (Lipinski definition) is 3. The third-order valence-corrected chi connectivity index (χ3v) is 7.60. The summed E-state index contributed by atoms with van der Waals surface area (Å²) in [6.07, 6.45) is 4.84. The number of nitrogens with zero attached hydrogens (tertiary/aromatic N) is 2. The number of hydrogen-bond acceptors (Lipinski definition) is 4. The molecule has 0 unspecified atom stereocenters. The molecule has 3 aromatic rings. The Bertz CT molecular complexity index is 1560. The number of aromatic nitrogens is 1. The first-order chi connectivity index (χ1) is 19.7.